The second kappa shape index (κ2) is 10.3. The summed E-state index contributed by atoms with van der Waals surface area (Å²) < 4.78 is 13.3. The van der Waals surface area contributed by atoms with Crippen molar-refractivity contribution < 1.29 is 29.0 Å². The van der Waals surface area contributed by atoms with Crippen LogP contribution in [0.1, 0.15) is 23.3 Å². The number of benzene rings is 2. The van der Waals surface area contributed by atoms with Crippen molar-refractivity contribution in [2.45, 2.75) is 18.9 Å². The summed E-state index contributed by atoms with van der Waals surface area (Å²) in [6.45, 7) is 0.216. The number of aromatic amines is 1. The Morgan fingerprint density at radius 2 is 1.75 bits per heavy atom. The van der Waals surface area contributed by atoms with Gasteiger partial charge in [-0.1, -0.05) is 24.3 Å². The van der Waals surface area contributed by atoms with Crippen LogP contribution < -0.4 is 16.0 Å². The third kappa shape index (κ3) is 5.97. The predicted octanol–water partition coefficient (Wildman–Crippen LogP) is 3.39. The Balaban J connectivity index is 1.69. The Labute approximate surface area is 182 Å². The Bertz CT molecular complexity index is 1110. The van der Waals surface area contributed by atoms with Crippen LogP contribution in [0.2, 0.25) is 0 Å². The molecule has 32 heavy (non-hydrogen) atoms. The molecule has 10 heteroatoms. The van der Waals surface area contributed by atoms with Crippen LogP contribution in [0.3, 0.4) is 0 Å². The normalized spacial score (nSPS) is 11.7. The Hall–Kier alpha value is -4.08. The van der Waals surface area contributed by atoms with E-state index in [-0.39, 0.29) is 18.9 Å². The van der Waals surface area contributed by atoms with Crippen molar-refractivity contribution in [3.05, 3.63) is 60.0 Å². The van der Waals surface area contributed by atoms with Gasteiger partial charge in [-0.25, -0.2) is 14.0 Å². The van der Waals surface area contributed by atoms with Gasteiger partial charge in [-0.3, -0.25) is 4.79 Å². The number of aromatic nitrogens is 1. The molecular weight excluding hydrogens is 419 g/mol. The van der Waals surface area contributed by atoms with E-state index in [1.54, 1.807) is 18.2 Å². The number of rotatable bonds is 9. The number of hydrogen-bond acceptors (Lipinski definition) is 3. The van der Waals surface area contributed by atoms with Gasteiger partial charge in [0.05, 0.1) is 0 Å². The van der Waals surface area contributed by atoms with Crippen LogP contribution in [0.15, 0.2) is 48.5 Å². The zero-order chi connectivity index (χ0) is 23.1. The fourth-order valence-corrected chi connectivity index (χ4v) is 3.41. The van der Waals surface area contributed by atoms with Crippen LogP contribution in [-0.2, 0) is 0 Å². The van der Waals surface area contributed by atoms with Crippen molar-refractivity contribution in [1.82, 2.24) is 20.9 Å². The minimum absolute atomic E-state index is 0.0401. The second-order valence-corrected chi connectivity index (χ2v) is 7.19. The quantitative estimate of drug-likeness (QED) is 0.282. The number of halogens is 1. The lowest BCUT2D eigenvalue weighted by Crippen LogP contribution is -2.43. The van der Waals surface area contributed by atoms with Crippen LogP contribution in [0.5, 0.6) is 0 Å². The topological polar surface area (TPSA) is 144 Å². The van der Waals surface area contributed by atoms with Gasteiger partial charge >= 0.3 is 12.2 Å². The zero-order valence-electron chi connectivity index (χ0n) is 17.0. The Morgan fingerprint density at radius 3 is 2.44 bits per heavy atom. The Morgan fingerprint density at radius 1 is 1.00 bits per heavy atom. The van der Waals surface area contributed by atoms with E-state index in [0.717, 1.165) is 22.0 Å². The molecule has 0 saturated heterocycles. The third-order valence-electron chi connectivity index (χ3n) is 4.91. The highest BCUT2D eigenvalue weighted by atomic mass is 19.1. The summed E-state index contributed by atoms with van der Waals surface area (Å²) in [6, 6.07) is 12.7. The highest BCUT2D eigenvalue weighted by molar-refractivity contribution is 6.02. The highest BCUT2D eigenvalue weighted by Crippen LogP contribution is 2.29. The van der Waals surface area contributed by atoms with Crippen LogP contribution in [0.25, 0.3) is 22.0 Å². The monoisotopic (exact) mass is 442 g/mol. The van der Waals surface area contributed by atoms with Gasteiger partial charge in [0.2, 0.25) is 0 Å². The smallest absolute Gasteiger partial charge is 0.404 e. The van der Waals surface area contributed by atoms with Gasteiger partial charge in [0.1, 0.15) is 11.5 Å². The van der Waals surface area contributed by atoms with Gasteiger partial charge in [-0.15, -0.1) is 0 Å². The van der Waals surface area contributed by atoms with Crippen molar-refractivity contribution in [2.75, 3.05) is 13.1 Å². The first kappa shape index (κ1) is 22.6. The molecule has 6 N–H and O–H groups in total. The summed E-state index contributed by atoms with van der Waals surface area (Å²) >= 11 is 0. The van der Waals surface area contributed by atoms with E-state index in [2.05, 4.69) is 20.9 Å². The number of hydrogen-bond donors (Lipinski definition) is 6. The first-order chi connectivity index (χ1) is 15.3. The molecule has 0 fully saturated rings. The van der Waals surface area contributed by atoms with Crippen molar-refractivity contribution in [3.8, 4) is 11.1 Å². The molecule has 0 unspecified atom stereocenters. The van der Waals surface area contributed by atoms with Crippen molar-refractivity contribution in [3.63, 3.8) is 0 Å². The second-order valence-electron chi connectivity index (χ2n) is 7.19. The number of nitrogens with one attached hydrogen (secondary N) is 4. The maximum absolute atomic E-state index is 13.3. The van der Waals surface area contributed by atoms with Gasteiger partial charge in [0.15, 0.2) is 0 Å². The van der Waals surface area contributed by atoms with E-state index < -0.39 is 24.1 Å². The molecule has 0 aliphatic rings. The summed E-state index contributed by atoms with van der Waals surface area (Å²) in [6.07, 6.45) is -1.64. The summed E-state index contributed by atoms with van der Waals surface area (Å²) in [4.78, 5) is 37.2. The molecule has 0 saturated carbocycles. The fraction of sp³-hybridized carbons (Fsp3) is 0.227. The van der Waals surface area contributed by atoms with Crippen LogP contribution in [-0.4, -0.2) is 52.4 Å². The van der Waals surface area contributed by atoms with Crippen LogP contribution in [0, 0.1) is 5.82 Å². The molecule has 3 aromatic rings. The molecule has 0 bridgehead atoms. The van der Waals surface area contributed by atoms with E-state index in [9.17, 15) is 18.8 Å². The van der Waals surface area contributed by atoms with Gasteiger partial charge in [0, 0.05) is 30.0 Å². The standard InChI is InChI=1S/C22H23FN4O5/c23-14-8-6-13(7-9-14)16-4-1-5-18-17(16)11-19(27-18)20(28)25-12-15(26-22(31)32)3-2-10-24-21(29)30/h1,4-9,11,15,24,26-27H,2-3,10,12H2,(H,25,28)(H,29,30)(H,31,32)/t15-/m0/s1. The summed E-state index contributed by atoms with van der Waals surface area (Å²) in [5.41, 5.74) is 2.69. The molecule has 3 rings (SSSR count). The molecule has 9 nitrogen and oxygen atoms in total. The molecule has 1 aromatic heterocycles. The lowest BCUT2D eigenvalue weighted by molar-refractivity contribution is 0.0943. The summed E-state index contributed by atoms with van der Waals surface area (Å²) in [5.74, 6) is -0.745. The maximum atomic E-state index is 13.3. The van der Waals surface area contributed by atoms with E-state index in [1.807, 2.05) is 18.2 Å². The fourth-order valence-electron chi connectivity index (χ4n) is 3.41. The molecule has 1 atom stereocenters. The number of fused-ring (bicyclic) bond motifs is 1. The largest absolute Gasteiger partial charge is 0.465 e. The molecule has 3 amide bonds. The third-order valence-corrected chi connectivity index (χ3v) is 4.91. The van der Waals surface area contributed by atoms with Crippen LogP contribution >= 0.6 is 0 Å². The molecule has 1 heterocycles. The number of H-pyrrole nitrogens is 1. The molecular formula is C22H23FN4O5. The molecule has 0 aliphatic heterocycles. The first-order valence-electron chi connectivity index (χ1n) is 9.95. The maximum Gasteiger partial charge on any atom is 0.404 e. The van der Waals surface area contributed by atoms with E-state index in [1.165, 1.54) is 12.1 Å². The average Bonchev–Trinajstić information content (AvgIpc) is 3.19. The van der Waals surface area contributed by atoms with Crippen LogP contribution in [0.4, 0.5) is 14.0 Å². The van der Waals surface area contributed by atoms with Gasteiger partial charge in [0.25, 0.3) is 5.91 Å². The van der Waals surface area contributed by atoms with E-state index in [4.69, 9.17) is 10.2 Å². The van der Waals surface area contributed by atoms with Crippen molar-refractivity contribution in [1.29, 1.82) is 0 Å². The predicted molar refractivity (Wildman–Crippen MR) is 116 cm³/mol. The molecule has 0 aliphatic carbocycles. The number of carbonyl (C=O) groups is 3. The highest BCUT2D eigenvalue weighted by Gasteiger charge is 2.16. The lowest BCUT2D eigenvalue weighted by Gasteiger charge is -2.17. The molecule has 2 aromatic carbocycles. The lowest BCUT2D eigenvalue weighted by atomic mass is 10.0. The van der Waals surface area contributed by atoms with E-state index >= 15 is 0 Å². The average molecular weight is 442 g/mol. The SMILES string of the molecule is O=C(O)NCCC[C@@H](CNC(=O)c1cc2c(-c3ccc(F)cc3)cccc2[nH]1)NC(=O)O. The minimum Gasteiger partial charge on any atom is -0.465 e. The number of carbonyl (C=O) groups excluding carboxylic acids is 1. The zero-order valence-corrected chi connectivity index (χ0v) is 17.0. The Kier molecular flexibility index (Phi) is 7.27. The minimum atomic E-state index is -1.23. The van der Waals surface area contributed by atoms with Crippen molar-refractivity contribution in [2.24, 2.45) is 0 Å². The number of amides is 3. The summed E-state index contributed by atoms with van der Waals surface area (Å²) in [5, 5.41) is 25.6. The summed E-state index contributed by atoms with van der Waals surface area (Å²) in [7, 11) is 0. The molecule has 0 spiro atoms. The van der Waals surface area contributed by atoms with Gasteiger partial charge in [-0.2, -0.15) is 0 Å². The number of carboxylic acid groups (broad SMARTS) is 2. The first-order valence-corrected chi connectivity index (χ1v) is 9.95. The molecule has 168 valence electrons. The van der Waals surface area contributed by atoms with E-state index in [0.29, 0.717) is 18.5 Å². The molecule has 0 radical (unpaired) electrons. The van der Waals surface area contributed by atoms with Crippen molar-refractivity contribution >= 4 is 29.0 Å². The van der Waals surface area contributed by atoms with Gasteiger partial charge in [-0.05, 0) is 48.2 Å². The van der Waals surface area contributed by atoms with Gasteiger partial charge < -0.3 is 31.1 Å².